The molecule has 1 rings (SSSR count). The maximum atomic E-state index is 13.2. The first-order chi connectivity index (χ1) is 8.55. The Hall–Kier alpha value is -1.44. The van der Waals surface area contributed by atoms with Crippen LogP contribution in [0.25, 0.3) is 0 Å². The zero-order valence-electron chi connectivity index (χ0n) is 10.8. The highest BCUT2D eigenvalue weighted by atomic mass is 19.1. The van der Waals surface area contributed by atoms with Crippen LogP contribution in [-0.4, -0.2) is 17.8 Å². The smallest absolute Gasteiger partial charge is 0.124 e. The molecule has 98 valence electrons. The third-order valence-corrected chi connectivity index (χ3v) is 2.66. The predicted octanol–water partition coefficient (Wildman–Crippen LogP) is 2.19. The summed E-state index contributed by atoms with van der Waals surface area (Å²) in [6.07, 6.45) is 0.858. The molecule has 1 unspecified atom stereocenters. The first-order valence-corrected chi connectivity index (χ1v) is 6.09. The average molecular weight is 250 g/mol. The molecular formula is C14H19FN2O. The van der Waals surface area contributed by atoms with Crippen molar-refractivity contribution in [3.8, 4) is 6.07 Å². The lowest BCUT2D eigenvalue weighted by Gasteiger charge is -2.18. The van der Waals surface area contributed by atoms with E-state index < -0.39 is 5.82 Å². The summed E-state index contributed by atoms with van der Waals surface area (Å²) in [7, 11) is 0. The number of nitriles is 1. The van der Waals surface area contributed by atoms with E-state index >= 15 is 0 Å². The van der Waals surface area contributed by atoms with Gasteiger partial charge in [-0.15, -0.1) is 0 Å². The third kappa shape index (κ3) is 4.82. The number of aliphatic hydroxyl groups is 1. The van der Waals surface area contributed by atoms with E-state index in [0.717, 1.165) is 6.42 Å². The van der Waals surface area contributed by atoms with Crippen molar-refractivity contribution in [1.82, 2.24) is 5.32 Å². The second-order valence-corrected chi connectivity index (χ2v) is 4.85. The Morgan fingerprint density at radius 2 is 2.11 bits per heavy atom. The van der Waals surface area contributed by atoms with Gasteiger partial charge in [0, 0.05) is 12.6 Å². The summed E-state index contributed by atoms with van der Waals surface area (Å²) in [6, 6.07) is 6.19. The van der Waals surface area contributed by atoms with Crippen LogP contribution in [0.2, 0.25) is 0 Å². The SMILES string of the molecule is CC(C)CC(CO)NCc1cc(F)cc(C#N)c1. The van der Waals surface area contributed by atoms with Gasteiger partial charge < -0.3 is 10.4 Å². The quantitative estimate of drug-likeness (QED) is 0.813. The Bertz CT molecular complexity index is 426. The molecule has 1 atom stereocenters. The van der Waals surface area contributed by atoms with Gasteiger partial charge in [0.1, 0.15) is 5.82 Å². The summed E-state index contributed by atoms with van der Waals surface area (Å²) >= 11 is 0. The van der Waals surface area contributed by atoms with Crippen LogP contribution >= 0.6 is 0 Å². The van der Waals surface area contributed by atoms with Crippen molar-refractivity contribution >= 4 is 0 Å². The van der Waals surface area contributed by atoms with Crippen LogP contribution in [0.4, 0.5) is 4.39 Å². The van der Waals surface area contributed by atoms with Crippen molar-refractivity contribution in [3.63, 3.8) is 0 Å². The topological polar surface area (TPSA) is 56.0 Å². The van der Waals surface area contributed by atoms with Gasteiger partial charge in [0.2, 0.25) is 0 Å². The molecule has 1 aromatic carbocycles. The molecule has 0 spiro atoms. The molecule has 4 heteroatoms. The van der Waals surface area contributed by atoms with E-state index in [1.54, 1.807) is 6.07 Å². The molecule has 0 heterocycles. The van der Waals surface area contributed by atoms with Gasteiger partial charge in [-0.05, 0) is 36.1 Å². The molecular weight excluding hydrogens is 231 g/mol. The average Bonchev–Trinajstić information content (AvgIpc) is 2.33. The van der Waals surface area contributed by atoms with Crippen LogP contribution < -0.4 is 5.32 Å². The van der Waals surface area contributed by atoms with Crippen molar-refractivity contribution < 1.29 is 9.50 Å². The van der Waals surface area contributed by atoms with Gasteiger partial charge in [-0.25, -0.2) is 4.39 Å². The first kappa shape index (κ1) is 14.6. The zero-order valence-corrected chi connectivity index (χ0v) is 10.8. The molecule has 0 radical (unpaired) electrons. The van der Waals surface area contributed by atoms with Crippen LogP contribution in [0.1, 0.15) is 31.4 Å². The second kappa shape index (κ2) is 7.10. The molecule has 0 amide bonds. The summed E-state index contributed by atoms with van der Waals surface area (Å²) in [6.45, 7) is 4.67. The van der Waals surface area contributed by atoms with Crippen molar-refractivity contribution in [2.75, 3.05) is 6.61 Å². The molecule has 0 saturated carbocycles. The number of hydrogen-bond acceptors (Lipinski definition) is 3. The number of nitrogens with zero attached hydrogens (tertiary/aromatic N) is 1. The van der Waals surface area contributed by atoms with Gasteiger partial charge in [-0.2, -0.15) is 5.26 Å². The monoisotopic (exact) mass is 250 g/mol. The van der Waals surface area contributed by atoms with Crippen LogP contribution in [0.5, 0.6) is 0 Å². The highest BCUT2D eigenvalue weighted by Crippen LogP contribution is 2.10. The van der Waals surface area contributed by atoms with E-state index in [1.165, 1.54) is 12.1 Å². The lowest BCUT2D eigenvalue weighted by atomic mass is 10.0. The summed E-state index contributed by atoms with van der Waals surface area (Å²) in [5.41, 5.74) is 1.03. The van der Waals surface area contributed by atoms with Gasteiger partial charge >= 0.3 is 0 Å². The number of halogens is 1. The maximum Gasteiger partial charge on any atom is 0.124 e. The molecule has 0 bridgehead atoms. The highest BCUT2D eigenvalue weighted by Gasteiger charge is 2.09. The predicted molar refractivity (Wildman–Crippen MR) is 68.3 cm³/mol. The number of aliphatic hydroxyl groups excluding tert-OH is 1. The van der Waals surface area contributed by atoms with Gasteiger partial charge in [-0.1, -0.05) is 13.8 Å². The Morgan fingerprint density at radius 1 is 1.39 bits per heavy atom. The highest BCUT2D eigenvalue weighted by molar-refractivity contribution is 5.33. The molecule has 0 aliphatic heterocycles. The van der Waals surface area contributed by atoms with Gasteiger partial charge in [0.15, 0.2) is 0 Å². The lowest BCUT2D eigenvalue weighted by Crippen LogP contribution is -2.33. The fourth-order valence-electron chi connectivity index (χ4n) is 1.87. The van der Waals surface area contributed by atoms with E-state index in [0.29, 0.717) is 23.6 Å². The van der Waals surface area contributed by atoms with Crippen LogP contribution in [0, 0.1) is 23.1 Å². The van der Waals surface area contributed by atoms with Crippen LogP contribution in [0.3, 0.4) is 0 Å². The number of nitrogens with one attached hydrogen (secondary N) is 1. The summed E-state index contributed by atoms with van der Waals surface area (Å²) < 4.78 is 13.2. The summed E-state index contributed by atoms with van der Waals surface area (Å²) in [4.78, 5) is 0. The van der Waals surface area contributed by atoms with Crippen LogP contribution in [0.15, 0.2) is 18.2 Å². The minimum absolute atomic E-state index is 0.00111. The molecule has 0 fully saturated rings. The fourth-order valence-corrected chi connectivity index (χ4v) is 1.87. The number of hydrogen-bond donors (Lipinski definition) is 2. The van der Waals surface area contributed by atoms with E-state index in [4.69, 9.17) is 5.26 Å². The number of rotatable bonds is 6. The van der Waals surface area contributed by atoms with Gasteiger partial charge in [0.05, 0.1) is 18.2 Å². The lowest BCUT2D eigenvalue weighted by molar-refractivity contribution is 0.223. The van der Waals surface area contributed by atoms with Crippen molar-refractivity contribution in [2.24, 2.45) is 5.92 Å². The van der Waals surface area contributed by atoms with E-state index in [9.17, 15) is 9.50 Å². The Kier molecular flexibility index (Phi) is 5.76. The van der Waals surface area contributed by atoms with Crippen LogP contribution in [-0.2, 0) is 6.54 Å². The van der Waals surface area contributed by atoms with Crippen molar-refractivity contribution in [3.05, 3.63) is 35.1 Å². The summed E-state index contributed by atoms with van der Waals surface area (Å²) in [5.74, 6) is 0.0760. The maximum absolute atomic E-state index is 13.2. The Morgan fingerprint density at radius 3 is 2.67 bits per heavy atom. The molecule has 0 aromatic heterocycles. The van der Waals surface area contributed by atoms with Gasteiger partial charge in [-0.3, -0.25) is 0 Å². The Balaban J connectivity index is 2.62. The molecule has 18 heavy (non-hydrogen) atoms. The van der Waals surface area contributed by atoms with E-state index in [-0.39, 0.29) is 12.6 Å². The normalized spacial score (nSPS) is 12.4. The minimum Gasteiger partial charge on any atom is -0.395 e. The fraction of sp³-hybridized carbons (Fsp3) is 0.500. The third-order valence-electron chi connectivity index (χ3n) is 2.66. The minimum atomic E-state index is -0.407. The first-order valence-electron chi connectivity index (χ1n) is 6.09. The molecule has 3 nitrogen and oxygen atoms in total. The molecule has 0 aliphatic rings. The van der Waals surface area contributed by atoms with E-state index in [2.05, 4.69) is 19.2 Å². The number of benzene rings is 1. The largest absolute Gasteiger partial charge is 0.395 e. The van der Waals surface area contributed by atoms with Crippen molar-refractivity contribution in [2.45, 2.75) is 32.9 Å². The van der Waals surface area contributed by atoms with E-state index in [1.807, 2.05) is 6.07 Å². The molecule has 1 aromatic rings. The standard InChI is InChI=1S/C14H19FN2O/c1-10(2)3-14(9-18)17-8-12-4-11(7-16)5-13(15)6-12/h4-6,10,14,17-18H,3,8-9H2,1-2H3. The van der Waals surface area contributed by atoms with Gasteiger partial charge in [0.25, 0.3) is 0 Å². The molecule has 0 aliphatic carbocycles. The van der Waals surface area contributed by atoms with Crippen molar-refractivity contribution in [1.29, 1.82) is 5.26 Å². The second-order valence-electron chi connectivity index (χ2n) is 4.85. The zero-order chi connectivity index (χ0) is 13.5. The summed E-state index contributed by atoms with van der Waals surface area (Å²) in [5, 5.41) is 21.1. The Labute approximate surface area is 107 Å². The molecule has 2 N–H and O–H groups in total. The molecule has 0 saturated heterocycles.